The fraction of sp³-hybridized carbons (Fsp3) is 0.133. The molecule has 4 nitrogen and oxygen atoms in total. The molecule has 0 atom stereocenters. The van der Waals surface area contributed by atoms with Crippen molar-refractivity contribution in [2.24, 2.45) is 4.99 Å². The number of para-hydroxylation sites is 1. The van der Waals surface area contributed by atoms with Gasteiger partial charge in [-0.1, -0.05) is 18.2 Å². The van der Waals surface area contributed by atoms with E-state index in [-0.39, 0.29) is 5.75 Å². The van der Waals surface area contributed by atoms with E-state index in [2.05, 4.69) is 4.99 Å². The molecule has 0 spiro atoms. The van der Waals surface area contributed by atoms with Gasteiger partial charge in [0, 0.05) is 11.8 Å². The van der Waals surface area contributed by atoms with Crippen LogP contribution in [0.3, 0.4) is 0 Å². The quantitative estimate of drug-likeness (QED) is 0.856. The number of nitrogens with zero attached hydrogens (tertiary/aromatic N) is 1. The van der Waals surface area contributed by atoms with E-state index in [1.54, 1.807) is 18.3 Å². The summed E-state index contributed by atoms with van der Waals surface area (Å²) in [6.07, 6.45) is 1.69. The number of ether oxygens (including phenoxy) is 2. The van der Waals surface area contributed by atoms with Gasteiger partial charge in [-0.15, -0.1) is 0 Å². The topological polar surface area (TPSA) is 51.0 Å². The second-order valence-electron chi connectivity index (χ2n) is 3.87. The third-order valence-electron chi connectivity index (χ3n) is 2.62. The molecule has 2 aromatic rings. The Morgan fingerprint density at radius 2 is 1.58 bits per heavy atom. The largest absolute Gasteiger partial charge is 0.502 e. The summed E-state index contributed by atoms with van der Waals surface area (Å²) in [5.74, 6) is 0.699. The van der Waals surface area contributed by atoms with E-state index in [1.165, 1.54) is 14.2 Å². The van der Waals surface area contributed by atoms with Crippen LogP contribution in [-0.2, 0) is 0 Å². The van der Waals surface area contributed by atoms with Crippen molar-refractivity contribution in [1.82, 2.24) is 0 Å². The van der Waals surface area contributed by atoms with Gasteiger partial charge in [0.25, 0.3) is 0 Å². The van der Waals surface area contributed by atoms with E-state index >= 15 is 0 Å². The smallest absolute Gasteiger partial charge is 0.200 e. The molecule has 0 saturated carbocycles. The highest BCUT2D eigenvalue weighted by atomic mass is 16.5. The Kier molecular flexibility index (Phi) is 4.03. The molecule has 0 unspecified atom stereocenters. The number of phenols is 1. The molecule has 19 heavy (non-hydrogen) atoms. The van der Waals surface area contributed by atoms with E-state index in [9.17, 15) is 5.11 Å². The molecule has 2 rings (SSSR count). The van der Waals surface area contributed by atoms with Crippen LogP contribution in [0.15, 0.2) is 47.5 Å². The van der Waals surface area contributed by atoms with Crippen molar-refractivity contribution in [2.45, 2.75) is 0 Å². The lowest BCUT2D eigenvalue weighted by Crippen LogP contribution is -1.92. The van der Waals surface area contributed by atoms with Gasteiger partial charge >= 0.3 is 0 Å². The predicted octanol–water partition coefficient (Wildman–Crippen LogP) is 3.16. The first-order valence-electron chi connectivity index (χ1n) is 5.78. The summed E-state index contributed by atoms with van der Waals surface area (Å²) < 4.78 is 10.2. The van der Waals surface area contributed by atoms with Crippen LogP contribution < -0.4 is 9.47 Å². The monoisotopic (exact) mass is 257 g/mol. The Morgan fingerprint density at radius 3 is 2.11 bits per heavy atom. The number of rotatable bonds is 4. The highest BCUT2D eigenvalue weighted by Gasteiger charge is 2.09. The number of benzene rings is 2. The second kappa shape index (κ2) is 5.91. The van der Waals surface area contributed by atoms with E-state index in [1.807, 2.05) is 30.3 Å². The first kappa shape index (κ1) is 13.0. The van der Waals surface area contributed by atoms with Crippen molar-refractivity contribution in [1.29, 1.82) is 0 Å². The molecule has 0 aliphatic rings. The average molecular weight is 257 g/mol. The standard InChI is InChI=1S/C15H15NO3/c1-18-13-8-11(9-14(19-2)15(13)17)10-16-12-6-4-3-5-7-12/h3-10,17H,1-2H3. The van der Waals surface area contributed by atoms with Crippen LogP contribution >= 0.6 is 0 Å². The van der Waals surface area contributed by atoms with Gasteiger partial charge in [-0.2, -0.15) is 0 Å². The van der Waals surface area contributed by atoms with Crippen LogP contribution in [0.5, 0.6) is 17.2 Å². The van der Waals surface area contributed by atoms with Crippen molar-refractivity contribution in [2.75, 3.05) is 14.2 Å². The van der Waals surface area contributed by atoms with Crippen LogP contribution in [-0.4, -0.2) is 25.5 Å². The molecule has 1 N–H and O–H groups in total. The van der Waals surface area contributed by atoms with Gasteiger partial charge in [0.05, 0.1) is 19.9 Å². The number of hydrogen-bond donors (Lipinski definition) is 1. The SMILES string of the molecule is COc1cc(C=Nc2ccccc2)cc(OC)c1O. The Balaban J connectivity index is 2.33. The van der Waals surface area contributed by atoms with Gasteiger partial charge in [0.15, 0.2) is 11.5 Å². The number of methoxy groups -OCH3 is 2. The fourth-order valence-corrected chi connectivity index (χ4v) is 1.65. The van der Waals surface area contributed by atoms with Gasteiger partial charge in [-0.25, -0.2) is 0 Å². The summed E-state index contributed by atoms with van der Waals surface area (Å²) in [5, 5.41) is 9.80. The van der Waals surface area contributed by atoms with Crippen molar-refractivity contribution >= 4 is 11.9 Å². The molecule has 0 aliphatic heterocycles. The minimum atomic E-state index is -0.0122. The molecule has 0 radical (unpaired) electrons. The third-order valence-corrected chi connectivity index (χ3v) is 2.62. The van der Waals surface area contributed by atoms with Gasteiger partial charge in [-0.05, 0) is 24.3 Å². The van der Waals surface area contributed by atoms with E-state index in [0.29, 0.717) is 11.5 Å². The molecule has 0 bridgehead atoms. The van der Waals surface area contributed by atoms with Gasteiger partial charge in [0.1, 0.15) is 0 Å². The Labute approximate surface area is 111 Å². The molecule has 2 aromatic carbocycles. The average Bonchev–Trinajstić information content (AvgIpc) is 2.47. The maximum absolute atomic E-state index is 9.80. The van der Waals surface area contributed by atoms with Crippen molar-refractivity contribution in [3.05, 3.63) is 48.0 Å². The fourth-order valence-electron chi connectivity index (χ4n) is 1.65. The minimum absolute atomic E-state index is 0.0122. The lowest BCUT2D eigenvalue weighted by Gasteiger charge is -2.09. The lowest BCUT2D eigenvalue weighted by atomic mass is 10.2. The van der Waals surface area contributed by atoms with Crippen molar-refractivity contribution < 1.29 is 14.6 Å². The van der Waals surface area contributed by atoms with E-state index in [0.717, 1.165) is 11.3 Å². The zero-order chi connectivity index (χ0) is 13.7. The third kappa shape index (κ3) is 3.04. The number of phenolic OH excluding ortho intramolecular Hbond substituents is 1. The van der Waals surface area contributed by atoms with Crippen LogP contribution in [0, 0.1) is 0 Å². The zero-order valence-corrected chi connectivity index (χ0v) is 10.8. The Morgan fingerprint density at radius 1 is 1.00 bits per heavy atom. The van der Waals surface area contributed by atoms with Crippen molar-refractivity contribution in [3.63, 3.8) is 0 Å². The van der Waals surface area contributed by atoms with Gasteiger partial charge in [0.2, 0.25) is 5.75 Å². The lowest BCUT2D eigenvalue weighted by molar-refractivity contribution is 0.340. The maximum atomic E-state index is 9.80. The first-order valence-corrected chi connectivity index (χ1v) is 5.78. The summed E-state index contributed by atoms with van der Waals surface area (Å²) in [6.45, 7) is 0. The summed E-state index contributed by atoms with van der Waals surface area (Å²) in [5.41, 5.74) is 1.64. The molecule has 0 heterocycles. The van der Waals surface area contributed by atoms with Crippen LogP contribution in [0.4, 0.5) is 5.69 Å². The highest BCUT2D eigenvalue weighted by Crippen LogP contribution is 2.36. The number of aliphatic imine (C=N–C) groups is 1. The second-order valence-corrected chi connectivity index (χ2v) is 3.87. The molecular weight excluding hydrogens is 242 g/mol. The molecule has 0 aromatic heterocycles. The maximum Gasteiger partial charge on any atom is 0.200 e. The van der Waals surface area contributed by atoms with Crippen LogP contribution in [0.2, 0.25) is 0 Å². The Bertz CT molecular complexity index is 554. The summed E-state index contributed by atoms with van der Waals surface area (Å²) in [4.78, 5) is 4.34. The van der Waals surface area contributed by atoms with Crippen LogP contribution in [0.25, 0.3) is 0 Å². The minimum Gasteiger partial charge on any atom is -0.502 e. The molecule has 0 amide bonds. The first-order chi connectivity index (χ1) is 9.24. The Hall–Kier alpha value is -2.49. The van der Waals surface area contributed by atoms with Crippen LogP contribution in [0.1, 0.15) is 5.56 Å². The number of aromatic hydroxyl groups is 1. The highest BCUT2D eigenvalue weighted by molar-refractivity contribution is 5.84. The van der Waals surface area contributed by atoms with Crippen molar-refractivity contribution in [3.8, 4) is 17.2 Å². The van der Waals surface area contributed by atoms with E-state index < -0.39 is 0 Å². The normalized spacial score (nSPS) is 10.6. The van der Waals surface area contributed by atoms with Gasteiger partial charge < -0.3 is 14.6 Å². The zero-order valence-electron chi connectivity index (χ0n) is 10.8. The predicted molar refractivity (Wildman–Crippen MR) is 74.9 cm³/mol. The van der Waals surface area contributed by atoms with E-state index in [4.69, 9.17) is 9.47 Å². The summed E-state index contributed by atoms with van der Waals surface area (Å²) in [7, 11) is 2.99. The molecule has 98 valence electrons. The molecular formula is C15H15NO3. The molecule has 0 aliphatic carbocycles. The molecule has 4 heteroatoms. The summed E-state index contributed by atoms with van der Waals surface area (Å²) >= 11 is 0. The number of hydrogen-bond acceptors (Lipinski definition) is 4. The molecule has 0 saturated heterocycles. The summed E-state index contributed by atoms with van der Waals surface area (Å²) in [6, 6.07) is 13.0. The molecule has 0 fully saturated rings. The van der Waals surface area contributed by atoms with Gasteiger partial charge in [-0.3, -0.25) is 4.99 Å².